The predicted molar refractivity (Wildman–Crippen MR) is 107 cm³/mol. The van der Waals surface area contributed by atoms with E-state index in [0.717, 1.165) is 31.2 Å². The van der Waals surface area contributed by atoms with Crippen LogP contribution in [0.2, 0.25) is 0 Å². The zero-order chi connectivity index (χ0) is 18.8. The molecular weight excluding hydrogens is 360 g/mol. The number of hydrogen-bond acceptors (Lipinski definition) is 5. The van der Waals surface area contributed by atoms with Crippen molar-refractivity contribution in [2.75, 3.05) is 5.75 Å². The highest BCUT2D eigenvalue weighted by Gasteiger charge is 2.22. The van der Waals surface area contributed by atoms with Gasteiger partial charge in [-0.1, -0.05) is 49.2 Å². The quantitative estimate of drug-likeness (QED) is 0.482. The highest BCUT2D eigenvalue weighted by Crippen LogP contribution is 2.27. The predicted octanol–water partition coefficient (Wildman–Crippen LogP) is 3.47. The summed E-state index contributed by atoms with van der Waals surface area (Å²) in [7, 11) is 0. The molecule has 3 aromatic rings. The molecule has 4 rings (SSSR count). The lowest BCUT2D eigenvalue weighted by atomic mass is 9.87. The van der Waals surface area contributed by atoms with Crippen LogP contribution in [0.15, 0.2) is 46.9 Å². The number of para-hydroxylation sites is 1. The van der Waals surface area contributed by atoms with Crippen LogP contribution in [0.1, 0.15) is 32.1 Å². The van der Waals surface area contributed by atoms with E-state index in [1.54, 1.807) is 16.7 Å². The summed E-state index contributed by atoms with van der Waals surface area (Å²) in [5, 5.41) is 9.76. The van der Waals surface area contributed by atoms with Crippen molar-refractivity contribution in [3.63, 3.8) is 0 Å². The van der Waals surface area contributed by atoms with Gasteiger partial charge in [-0.3, -0.25) is 18.6 Å². The van der Waals surface area contributed by atoms with Gasteiger partial charge in [0.1, 0.15) is 5.78 Å². The van der Waals surface area contributed by atoms with E-state index in [2.05, 4.69) is 16.8 Å². The minimum Gasteiger partial charge on any atom is -0.298 e. The molecule has 7 heteroatoms. The number of carbonyl (C=O) groups excluding carboxylic acids is 1. The van der Waals surface area contributed by atoms with Gasteiger partial charge in [0.15, 0.2) is 5.16 Å². The van der Waals surface area contributed by atoms with Gasteiger partial charge in [-0.05, 0) is 25.0 Å². The number of aromatic nitrogens is 4. The summed E-state index contributed by atoms with van der Waals surface area (Å²) >= 11 is 1.40. The zero-order valence-corrected chi connectivity index (χ0v) is 16.0. The molecule has 2 aromatic heterocycles. The van der Waals surface area contributed by atoms with Gasteiger partial charge >= 0.3 is 0 Å². The fraction of sp³-hybridized carbons (Fsp3) is 0.400. The minimum absolute atomic E-state index is 0.111. The third kappa shape index (κ3) is 3.32. The lowest BCUT2D eigenvalue weighted by Gasteiger charge is -2.19. The molecule has 0 atom stereocenters. The number of fused-ring (bicyclic) bond motifs is 3. The van der Waals surface area contributed by atoms with Crippen LogP contribution >= 0.6 is 11.8 Å². The molecule has 0 unspecified atom stereocenters. The molecule has 27 heavy (non-hydrogen) atoms. The standard InChI is InChI=1S/C20H22N4O2S/c1-2-12-23-18(26)15-10-6-7-11-16(15)24-19(23)21-22-20(24)27-13-17(25)14-8-4-3-5-9-14/h2,6-7,10-11,14H,1,3-5,8-9,12-13H2. The van der Waals surface area contributed by atoms with Gasteiger partial charge in [0.25, 0.3) is 5.56 Å². The normalized spacial score (nSPS) is 15.4. The van der Waals surface area contributed by atoms with Gasteiger partial charge < -0.3 is 0 Å². The monoisotopic (exact) mass is 382 g/mol. The van der Waals surface area contributed by atoms with Crippen LogP contribution in [0.25, 0.3) is 16.7 Å². The maximum atomic E-state index is 12.8. The lowest BCUT2D eigenvalue weighted by molar-refractivity contribution is -0.121. The van der Waals surface area contributed by atoms with E-state index in [-0.39, 0.29) is 11.5 Å². The smallest absolute Gasteiger partial charge is 0.263 e. The number of thioether (sulfide) groups is 1. The molecule has 2 heterocycles. The van der Waals surface area contributed by atoms with Crippen LogP contribution in [0, 0.1) is 5.92 Å². The number of Topliss-reactive ketones (excluding diaryl/α,β-unsaturated/α-hetero) is 1. The van der Waals surface area contributed by atoms with Crippen molar-refractivity contribution in [1.29, 1.82) is 0 Å². The summed E-state index contributed by atoms with van der Waals surface area (Å²) < 4.78 is 3.44. The molecule has 1 saturated carbocycles. The van der Waals surface area contributed by atoms with E-state index in [9.17, 15) is 9.59 Å². The van der Waals surface area contributed by atoms with E-state index < -0.39 is 0 Å². The SMILES string of the molecule is C=CCn1c(=O)c2ccccc2n2c(SCC(=O)C3CCCCC3)nnc12. The molecule has 0 N–H and O–H groups in total. The highest BCUT2D eigenvalue weighted by molar-refractivity contribution is 7.99. The molecule has 1 fully saturated rings. The van der Waals surface area contributed by atoms with Crippen molar-refractivity contribution in [2.45, 2.75) is 43.8 Å². The fourth-order valence-corrected chi connectivity index (χ4v) is 4.71. The van der Waals surface area contributed by atoms with Crippen LogP contribution in [0.4, 0.5) is 0 Å². The first-order chi connectivity index (χ1) is 13.2. The Hall–Kier alpha value is -2.41. The van der Waals surface area contributed by atoms with Crippen molar-refractivity contribution in [3.05, 3.63) is 47.3 Å². The average Bonchev–Trinajstić information content (AvgIpc) is 3.14. The summed E-state index contributed by atoms with van der Waals surface area (Å²) in [6.07, 6.45) is 7.20. The Morgan fingerprint density at radius 3 is 2.78 bits per heavy atom. The highest BCUT2D eigenvalue weighted by atomic mass is 32.2. The summed E-state index contributed by atoms with van der Waals surface area (Å²) in [5.74, 6) is 1.34. The van der Waals surface area contributed by atoms with Gasteiger partial charge in [0.2, 0.25) is 5.78 Å². The number of benzene rings is 1. The van der Waals surface area contributed by atoms with E-state index in [4.69, 9.17) is 0 Å². The van der Waals surface area contributed by atoms with Gasteiger partial charge in [-0.25, -0.2) is 0 Å². The van der Waals surface area contributed by atoms with E-state index >= 15 is 0 Å². The zero-order valence-electron chi connectivity index (χ0n) is 15.1. The number of rotatable bonds is 6. The average molecular weight is 382 g/mol. The molecule has 0 spiro atoms. The van der Waals surface area contributed by atoms with Crippen molar-refractivity contribution in [3.8, 4) is 0 Å². The molecule has 0 saturated heterocycles. The van der Waals surface area contributed by atoms with Crippen LogP contribution < -0.4 is 5.56 Å². The van der Waals surface area contributed by atoms with Crippen molar-refractivity contribution < 1.29 is 4.79 Å². The largest absolute Gasteiger partial charge is 0.298 e. The topological polar surface area (TPSA) is 69.3 Å². The number of carbonyl (C=O) groups is 1. The Morgan fingerprint density at radius 1 is 1.22 bits per heavy atom. The molecule has 1 aliphatic rings. The van der Waals surface area contributed by atoms with E-state index in [0.29, 0.717) is 34.4 Å². The van der Waals surface area contributed by atoms with Crippen LogP contribution in [0.5, 0.6) is 0 Å². The molecule has 140 valence electrons. The molecule has 0 radical (unpaired) electrons. The van der Waals surface area contributed by atoms with Crippen molar-refractivity contribution >= 4 is 34.2 Å². The second-order valence-electron chi connectivity index (χ2n) is 6.93. The lowest BCUT2D eigenvalue weighted by Crippen LogP contribution is -2.23. The second-order valence-corrected chi connectivity index (χ2v) is 7.87. The third-order valence-electron chi connectivity index (χ3n) is 5.19. The Balaban J connectivity index is 1.72. The number of hydrogen-bond donors (Lipinski definition) is 0. The summed E-state index contributed by atoms with van der Waals surface area (Å²) in [5.41, 5.74) is 0.649. The van der Waals surface area contributed by atoms with Gasteiger partial charge in [-0.2, -0.15) is 0 Å². The number of ketones is 1. The van der Waals surface area contributed by atoms with Gasteiger partial charge in [0.05, 0.1) is 16.7 Å². The molecule has 0 aliphatic heterocycles. The van der Waals surface area contributed by atoms with E-state index in [1.165, 1.54) is 18.2 Å². The molecular formula is C20H22N4O2S. The van der Waals surface area contributed by atoms with Crippen molar-refractivity contribution in [2.24, 2.45) is 5.92 Å². The third-order valence-corrected chi connectivity index (χ3v) is 6.15. The molecule has 0 bridgehead atoms. The summed E-state index contributed by atoms with van der Waals surface area (Å²) in [4.78, 5) is 25.4. The van der Waals surface area contributed by atoms with Crippen LogP contribution in [-0.2, 0) is 11.3 Å². The Labute approximate surface area is 161 Å². The van der Waals surface area contributed by atoms with Crippen LogP contribution in [-0.4, -0.2) is 30.7 Å². The van der Waals surface area contributed by atoms with Gasteiger partial charge in [0, 0.05) is 12.5 Å². The minimum atomic E-state index is -0.111. The molecule has 1 aliphatic carbocycles. The summed E-state index contributed by atoms with van der Waals surface area (Å²) in [6, 6.07) is 7.43. The Morgan fingerprint density at radius 2 is 2.00 bits per heavy atom. The number of nitrogens with zero attached hydrogens (tertiary/aromatic N) is 4. The van der Waals surface area contributed by atoms with Crippen molar-refractivity contribution in [1.82, 2.24) is 19.2 Å². The van der Waals surface area contributed by atoms with Gasteiger partial charge in [-0.15, -0.1) is 16.8 Å². The fourth-order valence-electron chi connectivity index (χ4n) is 3.80. The first-order valence-electron chi connectivity index (χ1n) is 9.34. The molecule has 6 nitrogen and oxygen atoms in total. The molecule has 0 amide bonds. The molecule has 1 aromatic carbocycles. The first kappa shape index (κ1) is 18.0. The first-order valence-corrected chi connectivity index (χ1v) is 10.3. The maximum Gasteiger partial charge on any atom is 0.263 e. The second kappa shape index (κ2) is 7.68. The Kier molecular flexibility index (Phi) is 5.11. The Bertz CT molecular complexity index is 1060. The number of allylic oxidation sites excluding steroid dienone is 1. The van der Waals surface area contributed by atoms with E-state index in [1.807, 2.05) is 22.6 Å². The van der Waals surface area contributed by atoms with Crippen LogP contribution in [0.3, 0.4) is 0 Å². The summed E-state index contributed by atoms with van der Waals surface area (Å²) in [6.45, 7) is 4.09. The maximum absolute atomic E-state index is 12.8.